The minimum absolute atomic E-state index is 0.0176. The van der Waals surface area contributed by atoms with Gasteiger partial charge in [-0.2, -0.15) is 5.10 Å². The van der Waals surface area contributed by atoms with Crippen LogP contribution in [0.25, 0.3) is 0 Å². The molecule has 0 N–H and O–H groups in total. The number of nitrogens with zero attached hydrogens (tertiary/aromatic N) is 4. The van der Waals surface area contributed by atoms with Crippen LogP contribution in [0.4, 0.5) is 8.78 Å². The quantitative estimate of drug-likeness (QED) is 0.794. The number of ether oxygens (including phenoxy) is 1. The van der Waals surface area contributed by atoms with Gasteiger partial charge in [-0.1, -0.05) is 12.1 Å². The van der Waals surface area contributed by atoms with Gasteiger partial charge in [-0.3, -0.25) is 9.78 Å². The van der Waals surface area contributed by atoms with Crippen molar-refractivity contribution in [2.45, 2.75) is 31.7 Å². The lowest BCUT2D eigenvalue weighted by Gasteiger charge is -2.69. The van der Waals surface area contributed by atoms with Gasteiger partial charge in [0.25, 0.3) is 0 Å². The van der Waals surface area contributed by atoms with Gasteiger partial charge in [-0.25, -0.2) is 18.8 Å². The van der Waals surface area contributed by atoms with Gasteiger partial charge in [0.15, 0.2) is 11.6 Å². The maximum absolute atomic E-state index is 14.2. The Morgan fingerprint density at radius 1 is 1.25 bits per heavy atom. The van der Waals surface area contributed by atoms with Crippen molar-refractivity contribution in [2.75, 3.05) is 6.61 Å². The first-order chi connectivity index (χ1) is 13.5. The van der Waals surface area contributed by atoms with Crippen molar-refractivity contribution in [3.8, 4) is 5.88 Å². The predicted molar refractivity (Wildman–Crippen MR) is 95.3 cm³/mol. The summed E-state index contributed by atoms with van der Waals surface area (Å²) in [6.45, 7) is 0.492. The summed E-state index contributed by atoms with van der Waals surface area (Å²) >= 11 is 0. The summed E-state index contributed by atoms with van der Waals surface area (Å²) in [6.07, 6.45) is 8.81. The predicted octanol–water partition coefficient (Wildman–Crippen LogP) is 3.26. The number of amides is 1. The second-order valence-corrected chi connectivity index (χ2v) is 7.99. The van der Waals surface area contributed by atoms with Crippen molar-refractivity contribution < 1.29 is 18.3 Å². The van der Waals surface area contributed by atoms with Crippen LogP contribution >= 0.6 is 0 Å². The van der Waals surface area contributed by atoms with Crippen LogP contribution in [0, 0.1) is 22.5 Å². The number of hydrogen-bond donors (Lipinski definition) is 0. The molecule has 0 saturated heterocycles. The van der Waals surface area contributed by atoms with Crippen LogP contribution in [0.5, 0.6) is 5.88 Å². The Kier molecular flexibility index (Phi) is 3.72. The van der Waals surface area contributed by atoms with Crippen molar-refractivity contribution in [1.82, 2.24) is 15.0 Å². The van der Waals surface area contributed by atoms with Crippen molar-refractivity contribution >= 4 is 12.1 Å². The molecule has 1 atom stereocenters. The fourth-order valence-corrected chi connectivity index (χ4v) is 4.85. The van der Waals surface area contributed by atoms with Gasteiger partial charge in [0.05, 0.1) is 24.3 Å². The maximum Gasteiger partial charge on any atom is 0.249 e. The van der Waals surface area contributed by atoms with Crippen molar-refractivity contribution in [2.24, 2.45) is 15.9 Å². The van der Waals surface area contributed by atoms with Gasteiger partial charge >= 0.3 is 0 Å². The molecular formula is C20H18F2N4O2. The summed E-state index contributed by atoms with van der Waals surface area (Å²) in [7, 11) is 0. The number of carbonyl (C=O) groups is 1. The van der Waals surface area contributed by atoms with Crippen LogP contribution in [-0.4, -0.2) is 33.7 Å². The highest BCUT2D eigenvalue weighted by Gasteiger charge is 2.73. The molecule has 6 rings (SSSR count). The summed E-state index contributed by atoms with van der Waals surface area (Å²) < 4.78 is 33.5. The highest BCUT2D eigenvalue weighted by molar-refractivity contribution is 5.88. The zero-order valence-electron chi connectivity index (χ0n) is 15.0. The molecule has 2 aromatic rings. The van der Waals surface area contributed by atoms with Gasteiger partial charge in [0.1, 0.15) is 0 Å². The maximum atomic E-state index is 14.2. The Morgan fingerprint density at radius 2 is 2.07 bits per heavy atom. The van der Waals surface area contributed by atoms with E-state index in [1.165, 1.54) is 17.1 Å². The Balaban J connectivity index is 1.25. The zero-order chi connectivity index (χ0) is 19.4. The molecule has 8 heteroatoms. The number of hydrazone groups is 1. The monoisotopic (exact) mass is 384 g/mol. The van der Waals surface area contributed by atoms with E-state index in [1.54, 1.807) is 24.8 Å². The molecule has 144 valence electrons. The molecule has 2 bridgehead atoms. The zero-order valence-corrected chi connectivity index (χ0v) is 15.0. The van der Waals surface area contributed by atoms with E-state index in [-0.39, 0.29) is 16.9 Å². The van der Waals surface area contributed by atoms with Crippen LogP contribution in [0.15, 0.2) is 41.9 Å². The summed E-state index contributed by atoms with van der Waals surface area (Å²) in [6, 6.07) is 3.44. The molecule has 3 aliphatic carbocycles. The van der Waals surface area contributed by atoms with Crippen LogP contribution in [0.1, 0.15) is 37.3 Å². The third-order valence-electron chi connectivity index (χ3n) is 6.04. The first-order valence-electron chi connectivity index (χ1n) is 9.21. The second kappa shape index (κ2) is 6.05. The van der Waals surface area contributed by atoms with Gasteiger partial charge in [-0.05, 0) is 25.3 Å². The van der Waals surface area contributed by atoms with E-state index in [1.807, 2.05) is 0 Å². The number of carbonyl (C=O) groups excluding carboxylic acids is 1. The van der Waals surface area contributed by atoms with E-state index in [0.717, 1.165) is 6.07 Å². The van der Waals surface area contributed by atoms with E-state index in [9.17, 15) is 13.6 Å². The molecule has 1 amide bonds. The number of aromatic nitrogens is 2. The third kappa shape index (κ3) is 2.51. The lowest BCUT2D eigenvalue weighted by atomic mass is 9.35. The summed E-state index contributed by atoms with van der Waals surface area (Å²) in [5, 5.41) is 5.51. The lowest BCUT2D eigenvalue weighted by molar-refractivity contribution is -0.227. The van der Waals surface area contributed by atoms with E-state index >= 15 is 0 Å². The highest BCUT2D eigenvalue weighted by Crippen LogP contribution is 2.74. The normalized spacial score (nSPS) is 29.9. The molecule has 1 aromatic carbocycles. The van der Waals surface area contributed by atoms with E-state index in [2.05, 4.69) is 15.1 Å². The molecule has 1 aromatic heterocycles. The molecule has 1 aliphatic heterocycles. The largest absolute Gasteiger partial charge is 0.476 e. The summed E-state index contributed by atoms with van der Waals surface area (Å²) in [5.74, 6) is -1.47. The number of hydrogen-bond acceptors (Lipinski definition) is 5. The van der Waals surface area contributed by atoms with Crippen LogP contribution in [0.3, 0.4) is 0 Å². The standard InChI is InChI=1S/C20H18F2N4O2/c21-14-3-1-2-13(17(14)22)15-4-5-25-26(15)18(27)20-9-19(10-20,11-20)12-28-16-8-23-6-7-24-16/h1-3,5-8,15H,4,9-12H2. The van der Waals surface area contributed by atoms with Crippen LogP contribution < -0.4 is 4.74 Å². The average Bonchev–Trinajstić information content (AvgIpc) is 3.12. The van der Waals surface area contributed by atoms with Crippen molar-refractivity contribution in [3.63, 3.8) is 0 Å². The molecule has 6 nitrogen and oxygen atoms in total. The Bertz CT molecular complexity index is 946. The Morgan fingerprint density at radius 3 is 2.82 bits per heavy atom. The second-order valence-electron chi connectivity index (χ2n) is 7.99. The van der Waals surface area contributed by atoms with Crippen molar-refractivity contribution in [1.29, 1.82) is 0 Å². The molecule has 0 spiro atoms. The first kappa shape index (κ1) is 17.2. The fraction of sp³-hybridized carbons (Fsp3) is 0.400. The molecule has 3 fully saturated rings. The van der Waals surface area contributed by atoms with Gasteiger partial charge in [0, 0.05) is 36.0 Å². The SMILES string of the molecule is O=C(N1N=CCC1c1cccc(F)c1F)C12CC(COc3cnccn3)(C1)C2. The average molecular weight is 384 g/mol. The third-order valence-corrected chi connectivity index (χ3v) is 6.04. The Hall–Kier alpha value is -2.90. The molecule has 1 unspecified atom stereocenters. The topological polar surface area (TPSA) is 67.7 Å². The van der Waals surface area contributed by atoms with Gasteiger partial charge in [-0.15, -0.1) is 0 Å². The molecule has 28 heavy (non-hydrogen) atoms. The van der Waals surface area contributed by atoms with Crippen LogP contribution in [0.2, 0.25) is 0 Å². The highest BCUT2D eigenvalue weighted by atomic mass is 19.2. The minimum atomic E-state index is -0.915. The van der Waals surface area contributed by atoms with E-state index in [0.29, 0.717) is 38.2 Å². The van der Waals surface area contributed by atoms with Gasteiger partial charge in [0.2, 0.25) is 11.8 Å². The van der Waals surface area contributed by atoms with Gasteiger partial charge < -0.3 is 4.74 Å². The molecule has 4 aliphatic rings. The molecule has 0 radical (unpaired) electrons. The van der Waals surface area contributed by atoms with E-state index < -0.39 is 23.1 Å². The fourth-order valence-electron chi connectivity index (χ4n) is 4.85. The number of rotatable bonds is 5. The number of benzene rings is 1. The summed E-state index contributed by atoms with van der Waals surface area (Å²) in [5.41, 5.74) is -0.316. The van der Waals surface area contributed by atoms with E-state index in [4.69, 9.17) is 4.74 Å². The first-order valence-corrected chi connectivity index (χ1v) is 9.21. The van der Waals surface area contributed by atoms with Crippen LogP contribution in [-0.2, 0) is 4.79 Å². The molecule has 3 saturated carbocycles. The summed E-state index contributed by atoms with van der Waals surface area (Å²) in [4.78, 5) is 21.2. The number of halogens is 2. The molecule has 2 heterocycles. The Labute approximate surface area is 160 Å². The smallest absolute Gasteiger partial charge is 0.249 e. The lowest BCUT2D eigenvalue weighted by Crippen LogP contribution is -2.69. The van der Waals surface area contributed by atoms with Crippen molar-refractivity contribution in [3.05, 3.63) is 54.0 Å². The minimum Gasteiger partial charge on any atom is -0.476 e. The molecular weight excluding hydrogens is 366 g/mol.